The van der Waals surface area contributed by atoms with E-state index >= 15 is 0 Å². The number of nitrogens with two attached hydrogens (primary N) is 1. The third-order valence-corrected chi connectivity index (χ3v) is 10.7. The van der Waals surface area contributed by atoms with Crippen molar-refractivity contribution in [3.05, 3.63) is 0 Å². The number of nitrogens with zero attached hydrogens (tertiary/aromatic N) is 2. The Morgan fingerprint density at radius 2 is 0.875 bits per heavy atom. The van der Waals surface area contributed by atoms with Crippen molar-refractivity contribution < 1.29 is 28.7 Å². The fourth-order valence-electron chi connectivity index (χ4n) is 7.10. The SMILES string of the molecule is CCCCCCCCC(OCC(N)=O)C(=O)N(CCCCCCCC)CCCCCCNC(=O)COCC(=O)N(CCCCCCCC)CCCCCCCC. The van der Waals surface area contributed by atoms with Gasteiger partial charge in [0.1, 0.15) is 25.9 Å². The first-order chi connectivity index (χ1) is 27.3. The van der Waals surface area contributed by atoms with Crippen LogP contribution in [0.15, 0.2) is 0 Å². The molecule has 3 N–H and O–H groups in total. The van der Waals surface area contributed by atoms with Gasteiger partial charge in [0.05, 0.1) is 0 Å². The van der Waals surface area contributed by atoms with Crippen molar-refractivity contribution in [2.45, 2.75) is 220 Å². The van der Waals surface area contributed by atoms with E-state index in [1.54, 1.807) is 0 Å². The predicted octanol–water partition coefficient (Wildman–Crippen LogP) is 10.0. The molecule has 0 aromatic heterocycles. The predicted molar refractivity (Wildman–Crippen MR) is 233 cm³/mol. The van der Waals surface area contributed by atoms with Gasteiger partial charge >= 0.3 is 0 Å². The van der Waals surface area contributed by atoms with E-state index in [1.807, 2.05) is 9.80 Å². The number of amides is 4. The summed E-state index contributed by atoms with van der Waals surface area (Å²) in [6, 6.07) is 0. The lowest BCUT2D eigenvalue weighted by atomic mass is 10.1. The summed E-state index contributed by atoms with van der Waals surface area (Å²) in [6.07, 6.45) is 31.5. The molecule has 0 fully saturated rings. The normalized spacial score (nSPS) is 11.8. The smallest absolute Gasteiger partial charge is 0.251 e. The van der Waals surface area contributed by atoms with Crippen molar-refractivity contribution in [2.24, 2.45) is 5.73 Å². The van der Waals surface area contributed by atoms with Crippen molar-refractivity contribution in [3.63, 3.8) is 0 Å². The Bertz CT molecular complexity index is 919. The summed E-state index contributed by atoms with van der Waals surface area (Å²) in [4.78, 5) is 54.7. The van der Waals surface area contributed by atoms with Gasteiger partial charge in [0.2, 0.25) is 17.7 Å². The molecule has 0 heterocycles. The van der Waals surface area contributed by atoms with Gasteiger partial charge in [0.15, 0.2) is 0 Å². The summed E-state index contributed by atoms with van der Waals surface area (Å²) in [5.74, 6) is -0.784. The van der Waals surface area contributed by atoms with Gasteiger partial charge in [0.25, 0.3) is 5.91 Å². The molecule has 0 rings (SSSR count). The monoisotopic (exact) mass is 795 g/mol. The number of hydrogen-bond donors (Lipinski definition) is 2. The van der Waals surface area contributed by atoms with E-state index in [0.29, 0.717) is 26.1 Å². The van der Waals surface area contributed by atoms with Crippen LogP contribution in [0.4, 0.5) is 0 Å². The number of nitrogens with one attached hydrogen (secondary N) is 1. The van der Waals surface area contributed by atoms with Crippen molar-refractivity contribution >= 4 is 23.6 Å². The van der Waals surface area contributed by atoms with Gasteiger partial charge in [0, 0.05) is 32.7 Å². The summed E-state index contributed by atoms with van der Waals surface area (Å²) in [5, 5.41) is 2.94. The second kappa shape index (κ2) is 41.0. The van der Waals surface area contributed by atoms with Gasteiger partial charge < -0.3 is 30.3 Å². The second-order valence-electron chi connectivity index (χ2n) is 16.1. The van der Waals surface area contributed by atoms with E-state index in [-0.39, 0.29) is 37.5 Å². The zero-order chi connectivity index (χ0) is 41.3. The van der Waals surface area contributed by atoms with Gasteiger partial charge in [-0.25, -0.2) is 0 Å². The molecule has 10 nitrogen and oxygen atoms in total. The lowest BCUT2D eigenvalue weighted by molar-refractivity contribution is -0.146. The number of carbonyl (C=O) groups excluding carboxylic acids is 4. The topological polar surface area (TPSA) is 131 Å². The molecule has 0 bridgehead atoms. The Morgan fingerprint density at radius 3 is 1.32 bits per heavy atom. The molecule has 0 saturated carbocycles. The summed E-state index contributed by atoms with van der Waals surface area (Å²) in [6.45, 7) is 11.9. The molecule has 330 valence electrons. The number of hydrogen-bond acceptors (Lipinski definition) is 6. The first kappa shape index (κ1) is 53.8. The molecule has 4 amide bonds. The van der Waals surface area contributed by atoms with Crippen LogP contribution in [0.2, 0.25) is 0 Å². The molecular formula is C46H90N4O6. The third kappa shape index (κ3) is 33.9. The van der Waals surface area contributed by atoms with Crippen LogP contribution < -0.4 is 11.1 Å². The number of ether oxygens (including phenoxy) is 2. The van der Waals surface area contributed by atoms with E-state index in [2.05, 4.69) is 33.0 Å². The number of rotatable bonds is 43. The summed E-state index contributed by atoms with van der Waals surface area (Å²) in [5.41, 5.74) is 5.39. The highest BCUT2D eigenvalue weighted by molar-refractivity contribution is 5.82. The van der Waals surface area contributed by atoms with Crippen LogP contribution >= 0.6 is 0 Å². The van der Waals surface area contributed by atoms with Crippen molar-refractivity contribution in [2.75, 3.05) is 52.5 Å². The zero-order valence-electron chi connectivity index (χ0n) is 37.2. The van der Waals surface area contributed by atoms with Crippen LogP contribution in [0.5, 0.6) is 0 Å². The van der Waals surface area contributed by atoms with E-state index in [1.165, 1.54) is 96.3 Å². The Hall–Kier alpha value is -2.20. The van der Waals surface area contributed by atoms with E-state index in [4.69, 9.17) is 15.2 Å². The van der Waals surface area contributed by atoms with Gasteiger partial charge in [-0.1, -0.05) is 175 Å². The van der Waals surface area contributed by atoms with Gasteiger partial charge in [-0.05, 0) is 38.5 Å². The summed E-state index contributed by atoms with van der Waals surface area (Å²) >= 11 is 0. The standard InChI is InChI=1S/C46H90N4O6/c1-5-9-13-17-21-27-33-42(56-39-43(47)51)46(54)50(37-31-25-20-16-12-8-4)38-32-26-22-28-34-48-44(52)40-55-41-45(53)49(35-29-23-18-14-10-6-2)36-30-24-19-15-11-7-3/h42H,5-41H2,1-4H3,(H2,47,51)(H,48,52). The molecule has 1 atom stereocenters. The largest absolute Gasteiger partial charge is 0.368 e. The van der Waals surface area contributed by atoms with Crippen molar-refractivity contribution in [1.29, 1.82) is 0 Å². The quantitative estimate of drug-likeness (QED) is 0.0591. The minimum Gasteiger partial charge on any atom is -0.368 e. The van der Waals surface area contributed by atoms with Gasteiger partial charge in [-0.2, -0.15) is 0 Å². The van der Waals surface area contributed by atoms with Crippen LogP contribution in [-0.4, -0.2) is 92.1 Å². The molecular weight excluding hydrogens is 705 g/mol. The van der Waals surface area contributed by atoms with Gasteiger partial charge in [-0.3, -0.25) is 19.2 Å². The fourth-order valence-corrected chi connectivity index (χ4v) is 7.10. The van der Waals surface area contributed by atoms with Crippen LogP contribution in [-0.2, 0) is 28.7 Å². The van der Waals surface area contributed by atoms with E-state index in [9.17, 15) is 19.2 Å². The van der Waals surface area contributed by atoms with Crippen molar-refractivity contribution in [1.82, 2.24) is 15.1 Å². The molecule has 0 aliphatic rings. The maximum absolute atomic E-state index is 13.7. The minimum atomic E-state index is -0.634. The maximum atomic E-state index is 13.7. The molecule has 0 aliphatic carbocycles. The number of unbranched alkanes of at least 4 members (excludes halogenated alkanes) is 23. The Morgan fingerprint density at radius 1 is 0.482 bits per heavy atom. The molecule has 0 radical (unpaired) electrons. The Kier molecular flexibility index (Phi) is 39.4. The highest BCUT2D eigenvalue weighted by Gasteiger charge is 2.25. The molecule has 0 aromatic carbocycles. The Balaban J connectivity index is 4.72. The lowest BCUT2D eigenvalue weighted by Crippen LogP contribution is -2.42. The van der Waals surface area contributed by atoms with E-state index in [0.717, 1.165) is 96.6 Å². The molecule has 10 heteroatoms. The summed E-state index contributed by atoms with van der Waals surface area (Å²) < 4.78 is 11.4. The van der Waals surface area contributed by atoms with Crippen LogP contribution in [0, 0.1) is 0 Å². The average molecular weight is 795 g/mol. The average Bonchev–Trinajstić information content (AvgIpc) is 3.18. The highest BCUT2D eigenvalue weighted by Crippen LogP contribution is 2.16. The second-order valence-corrected chi connectivity index (χ2v) is 16.1. The first-order valence-corrected chi connectivity index (χ1v) is 23.6. The molecule has 0 spiro atoms. The Labute approximate surface area is 344 Å². The number of primary amides is 1. The summed E-state index contributed by atoms with van der Waals surface area (Å²) in [7, 11) is 0. The minimum absolute atomic E-state index is 0.0166. The zero-order valence-corrected chi connectivity index (χ0v) is 37.2. The van der Waals surface area contributed by atoms with Crippen molar-refractivity contribution in [3.8, 4) is 0 Å². The molecule has 56 heavy (non-hydrogen) atoms. The molecule has 1 unspecified atom stereocenters. The fraction of sp³-hybridized carbons (Fsp3) is 0.913. The van der Waals surface area contributed by atoms with Crippen LogP contribution in [0.3, 0.4) is 0 Å². The highest BCUT2D eigenvalue weighted by atomic mass is 16.5. The van der Waals surface area contributed by atoms with Crippen LogP contribution in [0.25, 0.3) is 0 Å². The van der Waals surface area contributed by atoms with Crippen LogP contribution in [0.1, 0.15) is 214 Å². The number of carbonyl (C=O) groups is 4. The third-order valence-electron chi connectivity index (χ3n) is 10.7. The lowest BCUT2D eigenvalue weighted by Gasteiger charge is -2.27. The molecule has 0 aromatic rings. The maximum Gasteiger partial charge on any atom is 0.251 e. The van der Waals surface area contributed by atoms with E-state index < -0.39 is 12.0 Å². The molecule has 0 saturated heterocycles. The van der Waals surface area contributed by atoms with Gasteiger partial charge in [-0.15, -0.1) is 0 Å². The molecule has 0 aliphatic heterocycles. The first-order valence-electron chi connectivity index (χ1n) is 23.6.